The van der Waals surface area contributed by atoms with E-state index in [9.17, 15) is 9.59 Å². The molecule has 200 valence electrons. The summed E-state index contributed by atoms with van der Waals surface area (Å²) in [4.78, 5) is 29.5. The maximum Gasteiger partial charge on any atom is 0.407 e. The Morgan fingerprint density at radius 1 is 1.17 bits per heavy atom. The average Bonchev–Trinajstić information content (AvgIpc) is 3.55. The van der Waals surface area contributed by atoms with Crippen molar-refractivity contribution in [2.24, 2.45) is 16.6 Å². The molecule has 1 aliphatic heterocycles. The number of hydrogen-bond donors (Lipinski definition) is 3. The molecule has 0 spiro atoms. The maximum atomic E-state index is 12.6. The highest BCUT2D eigenvalue weighted by Gasteiger charge is 2.34. The number of alkyl carbamates (subject to hydrolysis) is 2. The molecule has 1 saturated carbocycles. The fourth-order valence-corrected chi connectivity index (χ4v) is 4.52. The largest absolute Gasteiger partial charge is 0.481 e. The number of nitrogens with two attached hydrogens (primary N) is 1. The Labute approximate surface area is 214 Å². The summed E-state index contributed by atoms with van der Waals surface area (Å²) in [6.45, 7) is 11.8. The normalized spacial score (nSPS) is 18.3. The first-order valence-corrected chi connectivity index (χ1v) is 13.0. The van der Waals surface area contributed by atoms with Gasteiger partial charge in [0.05, 0.1) is 0 Å². The van der Waals surface area contributed by atoms with E-state index in [1.807, 2.05) is 52.8 Å². The third-order valence-electron chi connectivity index (χ3n) is 6.34. The molecule has 2 unspecified atom stereocenters. The first-order chi connectivity index (χ1) is 16.9. The van der Waals surface area contributed by atoms with Gasteiger partial charge in [0.25, 0.3) is 0 Å². The second-order valence-corrected chi connectivity index (χ2v) is 11.2. The van der Waals surface area contributed by atoms with E-state index in [1.165, 1.54) is 12.8 Å². The zero-order valence-corrected chi connectivity index (χ0v) is 22.5. The molecule has 0 bridgehead atoms. The highest BCUT2D eigenvalue weighted by Crippen LogP contribution is 2.38. The number of ether oxygens (including phenoxy) is 3. The van der Waals surface area contributed by atoms with Crippen LogP contribution in [0.15, 0.2) is 23.2 Å². The minimum Gasteiger partial charge on any atom is -0.481 e. The Morgan fingerprint density at radius 2 is 1.86 bits per heavy atom. The van der Waals surface area contributed by atoms with E-state index in [-0.39, 0.29) is 18.7 Å². The number of carbonyl (C=O) groups excluding carboxylic acids is 2. The first-order valence-electron chi connectivity index (χ1n) is 13.0. The summed E-state index contributed by atoms with van der Waals surface area (Å²) >= 11 is 0. The lowest BCUT2D eigenvalue weighted by Crippen LogP contribution is -2.45. The van der Waals surface area contributed by atoms with Gasteiger partial charge in [-0.05, 0) is 71.1 Å². The number of carbonyl (C=O) groups is 2. The molecule has 2 amide bonds. The number of aliphatic imine (C=N–C) groups is 1. The van der Waals surface area contributed by atoms with Crippen LogP contribution in [-0.2, 0) is 16.0 Å². The summed E-state index contributed by atoms with van der Waals surface area (Å²) in [6, 6.07) is 5.34. The molecule has 9 nitrogen and oxygen atoms in total. The second-order valence-electron chi connectivity index (χ2n) is 11.2. The molecule has 9 heteroatoms. The summed E-state index contributed by atoms with van der Waals surface area (Å²) in [6.07, 6.45) is 4.19. The molecule has 4 N–H and O–H groups in total. The summed E-state index contributed by atoms with van der Waals surface area (Å²) in [5.41, 5.74) is 6.08. The SMILES string of the molecule is CCCC(CC(C)(C)OC(=O)NCc1ccc2c(c1)N=C(N)C(C)O2)NC(=O)OC(C)(C)CC1CC1. The molecule has 0 saturated heterocycles. The van der Waals surface area contributed by atoms with Crippen LogP contribution in [-0.4, -0.2) is 41.4 Å². The van der Waals surface area contributed by atoms with Gasteiger partial charge in [-0.1, -0.05) is 32.3 Å². The fraction of sp³-hybridized carbons (Fsp3) is 0.667. The van der Waals surface area contributed by atoms with Crippen molar-refractivity contribution in [1.82, 2.24) is 10.6 Å². The fourth-order valence-electron chi connectivity index (χ4n) is 4.52. The van der Waals surface area contributed by atoms with Crippen LogP contribution in [0.5, 0.6) is 5.75 Å². The summed E-state index contributed by atoms with van der Waals surface area (Å²) < 4.78 is 17.1. The van der Waals surface area contributed by atoms with Crippen LogP contribution < -0.4 is 21.1 Å². The van der Waals surface area contributed by atoms with E-state index in [4.69, 9.17) is 19.9 Å². The number of amidine groups is 1. The molecule has 1 aromatic rings. The van der Waals surface area contributed by atoms with Gasteiger partial charge in [-0.15, -0.1) is 0 Å². The molecule has 1 fully saturated rings. The van der Waals surface area contributed by atoms with Gasteiger partial charge in [0.2, 0.25) is 0 Å². The number of nitrogens with one attached hydrogen (secondary N) is 2. The van der Waals surface area contributed by atoms with Gasteiger partial charge >= 0.3 is 12.2 Å². The smallest absolute Gasteiger partial charge is 0.407 e. The Morgan fingerprint density at radius 3 is 2.53 bits per heavy atom. The van der Waals surface area contributed by atoms with E-state index in [0.717, 1.165) is 24.8 Å². The van der Waals surface area contributed by atoms with E-state index in [0.29, 0.717) is 29.6 Å². The molecule has 0 radical (unpaired) electrons. The second kappa shape index (κ2) is 11.4. The molecular formula is C27H42N4O5. The van der Waals surface area contributed by atoms with Crippen LogP contribution in [0.2, 0.25) is 0 Å². The Balaban J connectivity index is 1.49. The molecule has 1 aromatic carbocycles. The summed E-state index contributed by atoms with van der Waals surface area (Å²) in [5.74, 6) is 1.74. The first kappa shape index (κ1) is 27.6. The van der Waals surface area contributed by atoms with Crippen molar-refractivity contribution in [2.75, 3.05) is 0 Å². The van der Waals surface area contributed by atoms with Crippen molar-refractivity contribution in [3.05, 3.63) is 23.8 Å². The van der Waals surface area contributed by atoms with Crippen molar-refractivity contribution >= 4 is 23.7 Å². The lowest BCUT2D eigenvalue weighted by molar-refractivity contribution is 0.0139. The quantitative estimate of drug-likeness (QED) is 0.376. The summed E-state index contributed by atoms with van der Waals surface area (Å²) in [7, 11) is 0. The van der Waals surface area contributed by atoms with Gasteiger partial charge in [-0.3, -0.25) is 0 Å². The van der Waals surface area contributed by atoms with Crippen LogP contribution >= 0.6 is 0 Å². The molecule has 2 aliphatic rings. The van der Waals surface area contributed by atoms with Crippen molar-refractivity contribution in [3.63, 3.8) is 0 Å². The van der Waals surface area contributed by atoms with Crippen LogP contribution in [0.3, 0.4) is 0 Å². The lowest BCUT2D eigenvalue weighted by atomic mass is 9.96. The van der Waals surface area contributed by atoms with Gasteiger partial charge in [0, 0.05) is 19.0 Å². The van der Waals surface area contributed by atoms with E-state index in [2.05, 4.69) is 22.5 Å². The number of fused-ring (bicyclic) bond motifs is 1. The summed E-state index contributed by atoms with van der Waals surface area (Å²) in [5, 5.41) is 5.77. The predicted octanol–water partition coefficient (Wildman–Crippen LogP) is 5.32. The minimum absolute atomic E-state index is 0.173. The lowest BCUT2D eigenvalue weighted by Gasteiger charge is -2.31. The van der Waals surface area contributed by atoms with Crippen molar-refractivity contribution in [3.8, 4) is 5.75 Å². The minimum atomic E-state index is -0.792. The molecule has 3 rings (SSSR count). The van der Waals surface area contributed by atoms with Gasteiger partial charge < -0.3 is 30.6 Å². The number of amides is 2. The molecule has 36 heavy (non-hydrogen) atoms. The van der Waals surface area contributed by atoms with Gasteiger partial charge in [0.15, 0.2) is 6.10 Å². The third-order valence-corrected chi connectivity index (χ3v) is 6.34. The standard InChI is InChI=1S/C27H42N4O5/c1-7-8-20(30-25(33)36-26(3,4)14-18-9-10-18)15-27(5,6)35-24(32)29-16-19-11-12-22-21(13-19)31-23(28)17(2)34-22/h11-13,17-18,20H,7-10,14-16H2,1-6H3,(H2,28,31)(H,29,32)(H,30,33). The van der Waals surface area contributed by atoms with Crippen LogP contribution in [0.4, 0.5) is 15.3 Å². The molecule has 2 atom stereocenters. The number of rotatable bonds is 11. The van der Waals surface area contributed by atoms with E-state index < -0.39 is 23.4 Å². The van der Waals surface area contributed by atoms with Gasteiger partial charge in [0.1, 0.15) is 28.5 Å². The molecule has 0 aromatic heterocycles. The van der Waals surface area contributed by atoms with Crippen molar-refractivity contribution < 1.29 is 23.8 Å². The van der Waals surface area contributed by atoms with E-state index >= 15 is 0 Å². The van der Waals surface area contributed by atoms with Crippen molar-refractivity contribution in [1.29, 1.82) is 0 Å². The Bertz CT molecular complexity index is 971. The Hall–Kier alpha value is -2.97. The Kier molecular flexibility index (Phi) is 8.74. The van der Waals surface area contributed by atoms with Crippen LogP contribution in [0.25, 0.3) is 0 Å². The van der Waals surface area contributed by atoms with E-state index in [1.54, 1.807) is 0 Å². The molecule has 1 aliphatic carbocycles. The van der Waals surface area contributed by atoms with Crippen molar-refractivity contribution in [2.45, 2.75) is 110 Å². The highest BCUT2D eigenvalue weighted by atomic mass is 16.6. The number of nitrogens with zero attached hydrogens (tertiary/aromatic N) is 1. The average molecular weight is 503 g/mol. The topological polar surface area (TPSA) is 124 Å². The zero-order valence-electron chi connectivity index (χ0n) is 22.5. The third kappa shape index (κ3) is 8.60. The van der Waals surface area contributed by atoms with Crippen LogP contribution in [0, 0.1) is 5.92 Å². The molecule has 1 heterocycles. The predicted molar refractivity (Wildman–Crippen MR) is 140 cm³/mol. The monoisotopic (exact) mass is 502 g/mol. The zero-order chi connectivity index (χ0) is 26.5. The highest BCUT2D eigenvalue weighted by molar-refractivity contribution is 5.89. The van der Waals surface area contributed by atoms with Crippen LogP contribution in [0.1, 0.15) is 85.6 Å². The molecular weight excluding hydrogens is 460 g/mol. The van der Waals surface area contributed by atoms with Gasteiger partial charge in [-0.25, -0.2) is 14.6 Å². The number of hydrogen-bond acceptors (Lipinski definition) is 7. The van der Waals surface area contributed by atoms with Gasteiger partial charge in [-0.2, -0.15) is 0 Å². The number of benzene rings is 1. The maximum absolute atomic E-state index is 12.6.